The van der Waals surface area contributed by atoms with Gasteiger partial charge in [0.1, 0.15) is 11.3 Å². The van der Waals surface area contributed by atoms with E-state index < -0.39 is 11.5 Å². The summed E-state index contributed by atoms with van der Waals surface area (Å²) in [6.07, 6.45) is 0.630. The Hall–Kier alpha value is -4.19. The van der Waals surface area contributed by atoms with Crippen LogP contribution in [0.15, 0.2) is 89.7 Å². The highest BCUT2D eigenvalue weighted by Gasteiger charge is 2.22. The van der Waals surface area contributed by atoms with Crippen LogP contribution in [0.3, 0.4) is 0 Å². The van der Waals surface area contributed by atoms with Gasteiger partial charge in [-0.3, -0.25) is 9.59 Å². The number of rotatable bonds is 7. The van der Waals surface area contributed by atoms with Gasteiger partial charge in [0, 0.05) is 17.7 Å². The monoisotopic (exact) mass is 425 g/mol. The van der Waals surface area contributed by atoms with Crippen molar-refractivity contribution < 1.29 is 9.53 Å². The predicted octanol–water partition coefficient (Wildman–Crippen LogP) is 4.09. The maximum atomic E-state index is 13.2. The Morgan fingerprint density at radius 3 is 2.16 bits per heavy atom. The van der Waals surface area contributed by atoms with Crippen LogP contribution in [-0.2, 0) is 6.42 Å². The van der Waals surface area contributed by atoms with Crippen LogP contribution in [0.1, 0.15) is 15.9 Å². The number of amides is 1. The molecule has 0 aliphatic rings. The van der Waals surface area contributed by atoms with E-state index in [9.17, 15) is 9.59 Å². The topological polar surface area (TPSA) is 84.1 Å². The number of ether oxygens (including phenoxy) is 1. The number of aromatic amines is 1. The Morgan fingerprint density at radius 2 is 1.53 bits per heavy atom. The molecule has 0 aliphatic heterocycles. The maximum absolute atomic E-state index is 13.2. The third-order valence-electron chi connectivity index (χ3n) is 5.18. The van der Waals surface area contributed by atoms with Gasteiger partial charge < -0.3 is 10.1 Å². The predicted molar refractivity (Wildman–Crippen MR) is 125 cm³/mol. The van der Waals surface area contributed by atoms with Crippen molar-refractivity contribution in [3.8, 4) is 28.1 Å². The number of carbonyl (C=O) groups excluding carboxylic acids is 1. The number of carbonyl (C=O) groups is 1. The lowest BCUT2D eigenvalue weighted by atomic mass is 9.95. The van der Waals surface area contributed by atoms with Crippen molar-refractivity contribution in [3.63, 3.8) is 0 Å². The lowest BCUT2D eigenvalue weighted by Gasteiger charge is -2.14. The Balaban J connectivity index is 1.66. The molecule has 4 aromatic rings. The minimum atomic E-state index is -0.523. The van der Waals surface area contributed by atoms with Gasteiger partial charge >= 0.3 is 0 Å². The van der Waals surface area contributed by atoms with E-state index in [1.54, 1.807) is 7.11 Å². The maximum Gasteiger partial charge on any atom is 0.277 e. The fourth-order valence-electron chi connectivity index (χ4n) is 3.56. The summed E-state index contributed by atoms with van der Waals surface area (Å²) >= 11 is 0. The first kappa shape index (κ1) is 21.1. The molecular weight excluding hydrogens is 402 g/mol. The lowest BCUT2D eigenvalue weighted by Crippen LogP contribution is -2.32. The third kappa shape index (κ3) is 4.59. The lowest BCUT2D eigenvalue weighted by molar-refractivity contribution is 0.0953. The first-order valence-electron chi connectivity index (χ1n) is 10.3. The number of H-pyrrole nitrogens is 1. The van der Waals surface area contributed by atoms with Gasteiger partial charge in [-0.25, -0.2) is 5.10 Å². The minimum Gasteiger partial charge on any atom is -0.497 e. The van der Waals surface area contributed by atoms with Gasteiger partial charge in [-0.1, -0.05) is 72.8 Å². The highest BCUT2D eigenvalue weighted by Crippen LogP contribution is 2.31. The molecule has 0 fully saturated rings. The molecule has 0 spiro atoms. The second kappa shape index (κ2) is 9.75. The van der Waals surface area contributed by atoms with Crippen LogP contribution in [0.5, 0.6) is 5.75 Å². The van der Waals surface area contributed by atoms with Crippen LogP contribution < -0.4 is 15.6 Å². The van der Waals surface area contributed by atoms with E-state index in [0.717, 1.165) is 22.4 Å². The Labute approximate surface area is 185 Å². The fourth-order valence-corrected chi connectivity index (χ4v) is 3.56. The second-order valence-electron chi connectivity index (χ2n) is 7.24. The molecule has 160 valence electrons. The summed E-state index contributed by atoms with van der Waals surface area (Å²) < 4.78 is 5.17. The number of methoxy groups -OCH3 is 1. The summed E-state index contributed by atoms with van der Waals surface area (Å²) in [5.41, 5.74) is 3.23. The molecule has 1 heterocycles. The standard InChI is InChI=1S/C26H23N3O3/c1-32-21-14-12-18(13-15-21)16-17-27-25(30)23-22(19-8-4-2-5-9-19)24(28-29-26(23)31)20-10-6-3-7-11-20/h2-15H,16-17H2,1H3,(H,27,30)(H,29,31). The summed E-state index contributed by atoms with van der Waals surface area (Å²) in [4.78, 5) is 25.9. The van der Waals surface area contributed by atoms with E-state index in [1.165, 1.54) is 0 Å². The summed E-state index contributed by atoms with van der Waals surface area (Å²) in [5.74, 6) is 0.347. The first-order valence-corrected chi connectivity index (χ1v) is 10.3. The zero-order chi connectivity index (χ0) is 22.3. The average molecular weight is 425 g/mol. The van der Waals surface area contributed by atoms with Gasteiger partial charge in [0.15, 0.2) is 0 Å². The second-order valence-corrected chi connectivity index (χ2v) is 7.24. The van der Waals surface area contributed by atoms with E-state index in [1.807, 2.05) is 84.9 Å². The molecule has 0 saturated carbocycles. The zero-order valence-electron chi connectivity index (χ0n) is 17.7. The van der Waals surface area contributed by atoms with Gasteiger partial charge in [-0.05, 0) is 29.7 Å². The molecule has 0 radical (unpaired) electrons. The van der Waals surface area contributed by atoms with Crippen molar-refractivity contribution >= 4 is 5.91 Å². The van der Waals surface area contributed by atoms with Crippen molar-refractivity contribution in [1.29, 1.82) is 0 Å². The van der Waals surface area contributed by atoms with Gasteiger partial charge in [-0.2, -0.15) is 5.10 Å². The van der Waals surface area contributed by atoms with Gasteiger partial charge in [0.2, 0.25) is 0 Å². The molecule has 0 atom stereocenters. The molecule has 32 heavy (non-hydrogen) atoms. The van der Waals surface area contributed by atoms with E-state index in [0.29, 0.717) is 24.2 Å². The summed E-state index contributed by atoms with van der Waals surface area (Å²) in [6.45, 7) is 0.391. The van der Waals surface area contributed by atoms with Crippen molar-refractivity contribution in [1.82, 2.24) is 15.5 Å². The van der Waals surface area contributed by atoms with Crippen LogP contribution in [0, 0.1) is 0 Å². The summed E-state index contributed by atoms with van der Waals surface area (Å²) in [7, 11) is 1.62. The number of aromatic nitrogens is 2. The molecular formula is C26H23N3O3. The molecule has 1 amide bonds. The van der Waals surface area contributed by atoms with Crippen LogP contribution in [0.25, 0.3) is 22.4 Å². The SMILES string of the molecule is COc1ccc(CCNC(=O)c2c(-c3ccccc3)c(-c3ccccc3)n[nH]c2=O)cc1. The van der Waals surface area contributed by atoms with Crippen LogP contribution in [0.4, 0.5) is 0 Å². The number of hydrogen-bond donors (Lipinski definition) is 2. The fraction of sp³-hybridized carbons (Fsp3) is 0.115. The molecule has 0 bridgehead atoms. The average Bonchev–Trinajstić information content (AvgIpc) is 2.85. The Kier molecular flexibility index (Phi) is 6.41. The number of nitrogens with zero attached hydrogens (tertiary/aromatic N) is 1. The molecule has 3 aromatic carbocycles. The third-order valence-corrected chi connectivity index (χ3v) is 5.18. The highest BCUT2D eigenvalue weighted by atomic mass is 16.5. The largest absolute Gasteiger partial charge is 0.497 e. The number of hydrogen-bond acceptors (Lipinski definition) is 4. The summed E-state index contributed by atoms with van der Waals surface area (Å²) in [6, 6.07) is 26.5. The van der Waals surface area contributed by atoms with E-state index >= 15 is 0 Å². The number of nitrogens with one attached hydrogen (secondary N) is 2. The van der Waals surface area contributed by atoms with E-state index in [2.05, 4.69) is 15.5 Å². The van der Waals surface area contributed by atoms with E-state index in [4.69, 9.17) is 4.74 Å². The summed E-state index contributed by atoms with van der Waals surface area (Å²) in [5, 5.41) is 9.67. The van der Waals surface area contributed by atoms with Gasteiger partial charge in [-0.15, -0.1) is 0 Å². The molecule has 0 unspecified atom stereocenters. The molecule has 4 rings (SSSR count). The highest BCUT2D eigenvalue weighted by molar-refractivity contribution is 6.03. The molecule has 2 N–H and O–H groups in total. The Bertz CT molecular complexity index is 1250. The quantitative estimate of drug-likeness (QED) is 0.467. The smallest absolute Gasteiger partial charge is 0.277 e. The van der Waals surface area contributed by atoms with Gasteiger partial charge in [0.25, 0.3) is 11.5 Å². The normalized spacial score (nSPS) is 10.5. The van der Waals surface area contributed by atoms with Crippen molar-refractivity contribution in [2.24, 2.45) is 0 Å². The van der Waals surface area contributed by atoms with Crippen LogP contribution in [0.2, 0.25) is 0 Å². The number of benzene rings is 3. The first-order chi connectivity index (χ1) is 15.7. The molecule has 0 aliphatic carbocycles. The minimum absolute atomic E-state index is 0.0554. The van der Waals surface area contributed by atoms with Crippen LogP contribution in [-0.4, -0.2) is 29.8 Å². The van der Waals surface area contributed by atoms with E-state index in [-0.39, 0.29) is 5.56 Å². The Morgan fingerprint density at radius 1 is 0.906 bits per heavy atom. The molecule has 1 aromatic heterocycles. The van der Waals surface area contributed by atoms with Crippen molar-refractivity contribution in [2.45, 2.75) is 6.42 Å². The molecule has 0 saturated heterocycles. The molecule has 6 nitrogen and oxygen atoms in total. The van der Waals surface area contributed by atoms with Gasteiger partial charge in [0.05, 0.1) is 12.8 Å². The zero-order valence-corrected chi connectivity index (χ0v) is 17.7. The van der Waals surface area contributed by atoms with Crippen molar-refractivity contribution in [2.75, 3.05) is 13.7 Å². The molecule has 6 heteroatoms. The van der Waals surface area contributed by atoms with Crippen molar-refractivity contribution in [3.05, 3.63) is 106 Å². The van der Waals surface area contributed by atoms with Crippen LogP contribution >= 0.6 is 0 Å².